The van der Waals surface area contributed by atoms with Crippen molar-refractivity contribution < 1.29 is 0 Å². The number of aliphatic imine (C=N–C) groups is 1. The minimum Gasteiger partial charge on any atom is -0.356 e. The lowest BCUT2D eigenvalue weighted by Gasteiger charge is -2.11. The molecule has 136 valence electrons. The fourth-order valence-electron chi connectivity index (χ4n) is 2.61. The van der Waals surface area contributed by atoms with Gasteiger partial charge in [0.1, 0.15) is 5.82 Å². The van der Waals surface area contributed by atoms with E-state index >= 15 is 0 Å². The van der Waals surface area contributed by atoms with Gasteiger partial charge in [-0.15, -0.1) is 11.8 Å². The van der Waals surface area contributed by atoms with Crippen LogP contribution in [0.15, 0.2) is 58.4 Å². The Kier molecular flexibility index (Phi) is 6.41. The largest absolute Gasteiger partial charge is 0.356 e. The molecule has 1 aromatic heterocycles. The molecule has 2 aromatic carbocycles. The van der Waals surface area contributed by atoms with Crippen molar-refractivity contribution >= 4 is 40.4 Å². The van der Waals surface area contributed by atoms with Crippen LogP contribution in [0.25, 0.3) is 11.0 Å². The highest BCUT2D eigenvalue weighted by Gasteiger charge is 2.07. The summed E-state index contributed by atoms with van der Waals surface area (Å²) in [4.78, 5) is 10.1. The number of para-hydroxylation sites is 2. The SMILES string of the molecule is CN=C(NCCSc1ccc(Cl)cc1)NCc1nc2ccccc2n1C. The Morgan fingerprint density at radius 2 is 1.92 bits per heavy atom. The molecule has 26 heavy (non-hydrogen) atoms. The molecule has 7 heteroatoms. The summed E-state index contributed by atoms with van der Waals surface area (Å²) in [5, 5.41) is 7.41. The van der Waals surface area contributed by atoms with E-state index in [4.69, 9.17) is 11.6 Å². The standard InChI is InChI=1S/C19H22ClN5S/c1-21-19(22-11-12-26-15-9-7-14(20)8-10-15)23-13-18-24-16-5-3-4-6-17(16)25(18)2/h3-10H,11-13H2,1-2H3,(H2,21,22,23). The molecule has 0 spiro atoms. The molecule has 0 amide bonds. The molecule has 0 aliphatic rings. The van der Waals surface area contributed by atoms with Gasteiger partial charge in [-0.2, -0.15) is 0 Å². The molecule has 0 aliphatic carbocycles. The second-order valence-electron chi connectivity index (χ2n) is 5.73. The molecule has 0 saturated heterocycles. The van der Waals surface area contributed by atoms with Gasteiger partial charge in [0.2, 0.25) is 0 Å². The maximum atomic E-state index is 5.90. The van der Waals surface area contributed by atoms with Crippen molar-refractivity contribution in [2.45, 2.75) is 11.4 Å². The zero-order valence-corrected chi connectivity index (χ0v) is 16.4. The fraction of sp³-hybridized carbons (Fsp3) is 0.263. The lowest BCUT2D eigenvalue weighted by molar-refractivity contribution is 0.743. The van der Waals surface area contributed by atoms with Crippen LogP contribution >= 0.6 is 23.4 Å². The van der Waals surface area contributed by atoms with Gasteiger partial charge in [-0.3, -0.25) is 4.99 Å². The van der Waals surface area contributed by atoms with Gasteiger partial charge in [0, 0.05) is 36.3 Å². The van der Waals surface area contributed by atoms with E-state index in [9.17, 15) is 0 Å². The van der Waals surface area contributed by atoms with Crippen molar-refractivity contribution in [3.05, 3.63) is 59.4 Å². The first-order chi connectivity index (χ1) is 12.7. The van der Waals surface area contributed by atoms with Gasteiger partial charge in [-0.1, -0.05) is 23.7 Å². The first-order valence-electron chi connectivity index (χ1n) is 8.40. The van der Waals surface area contributed by atoms with Crippen molar-refractivity contribution in [1.29, 1.82) is 0 Å². The van der Waals surface area contributed by atoms with Gasteiger partial charge >= 0.3 is 0 Å². The van der Waals surface area contributed by atoms with Crippen LogP contribution in [0.3, 0.4) is 0 Å². The Hall–Kier alpha value is -2.18. The van der Waals surface area contributed by atoms with Gasteiger partial charge in [-0.05, 0) is 36.4 Å². The number of hydrogen-bond acceptors (Lipinski definition) is 3. The smallest absolute Gasteiger partial charge is 0.191 e. The summed E-state index contributed by atoms with van der Waals surface area (Å²) >= 11 is 7.68. The number of fused-ring (bicyclic) bond motifs is 1. The van der Waals surface area contributed by atoms with Crippen LogP contribution in [0, 0.1) is 0 Å². The normalized spacial score (nSPS) is 11.7. The maximum Gasteiger partial charge on any atom is 0.191 e. The van der Waals surface area contributed by atoms with E-state index in [1.54, 1.807) is 18.8 Å². The molecule has 0 bridgehead atoms. The monoisotopic (exact) mass is 387 g/mol. The van der Waals surface area contributed by atoms with E-state index in [0.29, 0.717) is 6.54 Å². The third kappa shape index (κ3) is 4.71. The summed E-state index contributed by atoms with van der Waals surface area (Å²) in [5.41, 5.74) is 2.14. The molecule has 0 radical (unpaired) electrons. The van der Waals surface area contributed by atoms with Crippen LogP contribution in [-0.4, -0.2) is 34.9 Å². The van der Waals surface area contributed by atoms with Crippen LogP contribution in [0.5, 0.6) is 0 Å². The molecule has 2 N–H and O–H groups in total. The zero-order valence-electron chi connectivity index (χ0n) is 14.9. The summed E-state index contributed by atoms with van der Waals surface area (Å²) in [5.74, 6) is 2.69. The Morgan fingerprint density at radius 1 is 1.15 bits per heavy atom. The highest BCUT2D eigenvalue weighted by atomic mass is 35.5. The summed E-state index contributed by atoms with van der Waals surface area (Å²) in [6.45, 7) is 1.44. The molecule has 3 rings (SSSR count). The highest BCUT2D eigenvalue weighted by molar-refractivity contribution is 7.99. The van der Waals surface area contributed by atoms with Gasteiger partial charge in [0.25, 0.3) is 0 Å². The van der Waals surface area contributed by atoms with Gasteiger partial charge in [0.15, 0.2) is 5.96 Å². The maximum absolute atomic E-state index is 5.90. The summed E-state index contributed by atoms with van der Waals surface area (Å²) in [7, 11) is 3.81. The Labute approximate surface area is 162 Å². The number of hydrogen-bond donors (Lipinski definition) is 2. The molecular formula is C19H22ClN5S. The van der Waals surface area contributed by atoms with Crippen molar-refractivity contribution in [1.82, 2.24) is 20.2 Å². The summed E-state index contributed by atoms with van der Waals surface area (Å²) in [6.07, 6.45) is 0. The van der Waals surface area contributed by atoms with E-state index in [2.05, 4.69) is 31.2 Å². The van der Waals surface area contributed by atoms with Crippen LogP contribution < -0.4 is 10.6 Å². The van der Waals surface area contributed by atoms with E-state index in [1.807, 2.05) is 49.5 Å². The van der Waals surface area contributed by atoms with E-state index in [1.165, 1.54) is 4.90 Å². The molecule has 0 saturated carbocycles. The Balaban J connectivity index is 1.47. The zero-order chi connectivity index (χ0) is 18.4. The third-order valence-corrected chi connectivity index (χ3v) is 5.26. The number of thioether (sulfide) groups is 1. The second-order valence-corrected chi connectivity index (χ2v) is 7.34. The van der Waals surface area contributed by atoms with Crippen molar-refractivity contribution in [2.75, 3.05) is 19.3 Å². The third-order valence-electron chi connectivity index (χ3n) is 3.99. The molecule has 5 nitrogen and oxygen atoms in total. The van der Waals surface area contributed by atoms with Crippen molar-refractivity contribution in [3.8, 4) is 0 Å². The van der Waals surface area contributed by atoms with E-state index < -0.39 is 0 Å². The number of aryl methyl sites for hydroxylation is 1. The predicted molar refractivity (Wildman–Crippen MR) is 111 cm³/mol. The number of guanidine groups is 1. The van der Waals surface area contributed by atoms with Gasteiger partial charge < -0.3 is 15.2 Å². The quantitative estimate of drug-likeness (QED) is 0.293. The van der Waals surface area contributed by atoms with Crippen LogP contribution in [0.1, 0.15) is 5.82 Å². The number of halogens is 1. The van der Waals surface area contributed by atoms with Crippen LogP contribution in [-0.2, 0) is 13.6 Å². The van der Waals surface area contributed by atoms with Crippen LogP contribution in [0.2, 0.25) is 5.02 Å². The number of imidazole rings is 1. The lowest BCUT2D eigenvalue weighted by Crippen LogP contribution is -2.38. The summed E-state index contributed by atoms with van der Waals surface area (Å²) < 4.78 is 2.10. The number of rotatable bonds is 6. The van der Waals surface area contributed by atoms with Crippen molar-refractivity contribution in [3.63, 3.8) is 0 Å². The molecule has 0 unspecified atom stereocenters. The molecule has 0 atom stereocenters. The van der Waals surface area contributed by atoms with Crippen LogP contribution in [0.4, 0.5) is 0 Å². The average molecular weight is 388 g/mol. The number of nitrogens with one attached hydrogen (secondary N) is 2. The molecular weight excluding hydrogens is 366 g/mol. The topological polar surface area (TPSA) is 54.2 Å². The van der Waals surface area contributed by atoms with E-state index in [0.717, 1.165) is 40.1 Å². The Bertz CT molecular complexity index is 889. The average Bonchev–Trinajstić information content (AvgIpc) is 2.99. The number of benzene rings is 2. The van der Waals surface area contributed by atoms with Gasteiger partial charge in [-0.25, -0.2) is 4.98 Å². The molecule has 1 heterocycles. The van der Waals surface area contributed by atoms with E-state index in [-0.39, 0.29) is 0 Å². The Morgan fingerprint density at radius 3 is 2.65 bits per heavy atom. The number of nitrogens with zero attached hydrogens (tertiary/aromatic N) is 3. The minimum absolute atomic E-state index is 0.620. The molecule has 0 fully saturated rings. The molecule has 3 aromatic rings. The minimum atomic E-state index is 0.620. The number of aromatic nitrogens is 2. The fourth-order valence-corrected chi connectivity index (χ4v) is 3.50. The highest BCUT2D eigenvalue weighted by Crippen LogP contribution is 2.19. The van der Waals surface area contributed by atoms with Gasteiger partial charge in [0.05, 0.1) is 17.6 Å². The second kappa shape index (κ2) is 8.96. The first-order valence-corrected chi connectivity index (χ1v) is 9.77. The first kappa shape index (κ1) is 18.6. The lowest BCUT2D eigenvalue weighted by atomic mass is 10.3. The summed E-state index contributed by atoms with van der Waals surface area (Å²) in [6, 6.07) is 16.0. The van der Waals surface area contributed by atoms with Crippen molar-refractivity contribution in [2.24, 2.45) is 12.0 Å². The predicted octanol–water partition coefficient (Wildman–Crippen LogP) is 3.68. The molecule has 0 aliphatic heterocycles.